The monoisotopic (exact) mass is 772 g/mol. The maximum absolute atomic E-state index is 2.46. The maximum atomic E-state index is 2.46. The van der Waals surface area contributed by atoms with Gasteiger partial charge in [0.05, 0.1) is 0 Å². The van der Waals surface area contributed by atoms with Crippen LogP contribution in [0.4, 0.5) is 0 Å². The molecule has 0 bridgehead atoms. The molecule has 0 aliphatic heterocycles. The Morgan fingerprint density at radius 1 is 0.246 bits per heavy atom. The van der Waals surface area contributed by atoms with Gasteiger partial charge in [-0.25, -0.2) is 0 Å². The molecule has 0 spiro atoms. The molecule has 1 aliphatic carbocycles. The molecule has 0 saturated heterocycles. The first-order chi connectivity index (χ1) is 30.0. The van der Waals surface area contributed by atoms with E-state index in [0.29, 0.717) is 0 Å². The Labute approximate surface area is 355 Å². The van der Waals surface area contributed by atoms with Crippen molar-refractivity contribution in [2.75, 3.05) is 0 Å². The Kier molecular flexibility index (Phi) is 7.17. The maximum Gasteiger partial charge on any atom is 0.0159 e. The second-order valence-electron chi connectivity index (χ2n) is 17.6. The van der Waals surface area contributed by atoms with E-state index in [0.717, 1.165) is 0 Å². The summed E-state index contributed by atoms with van der Waals surface area (Å²) in [4.78, 5) is 0. The fraction of sp³-hybridized carbons (Fsp3) is 0.0492. The van der Waals surface area contributed by atoms with Gasteiger partial charge in [0, 0.05) is 5.41 Å². The average molecular weight is 773 g/mol. The van der Waals surface area contributed by atoms with Crippen molar-refractivity contribution in [1.29, 1.82) is 0 Å². The normalized spacial score (nSPS) is 13.2. The zero-order chi connectivity index (χ0) is 40.4. The largest absolute Gasteiger partial charge is 0.0616 e. The van der Waals surface area contributed by atoms with Gasteiger partial charge in [-0.1, -0.05) is 184 Å². The quantitative estimate of drug-likeness (QED) is 0.157. The van der Waals surface area contributed by atoms with E-state index in [1.54, 1.807) is 0 Å². The molecule has 12 aromatic rings. The minimum Gasteiger partial charge on any atom is -0.0616 e. The summed E-state index contributed by atoms with van der Waals surface area (Å²) in [6.45, 7) is 4.79. The summed E-state index contributed by atoms with van der Waals surface area (Å²) in [6.07, 6.45) is 0. The summed E-state index contributed by atoms with van der Waals surface area (Å²) in [5.41, 5.74) is 12.9. The topological polar surface area (TPSA) is 0 Å². The lowest BCUT2D eigenvalue weighted by Crippen LogP contribution is -2.15. The van der Waals surface area contributed by atoms with Crippen LogP contribution < -0.4 is 0 Å². The van der Waals surface area contributed by atoms with Crippen LogP contribution in [-0.4, -0.2) is 0 Å². The summed E-state index contributed by atoms with van der Waals surface area (Å²) in [5, 5.41) is 18.1. The van der Waals surface area contributed by atoms with Crippen molar-refractivity contribution in [3.05, 3.63) is 217 Å². The summed E-state index contributed by atoms with van der Waals surface area (Å²) >= 11 is 0. The van der Waals surface area contributed by atoms with E-state index in [4.69, 9.17) is 0 Å². The van der Waals surface area contributed by atoms with E-state index in [2.05, 4.69) is 220 Å². The molecular formula is C61H40. The molecule has 0 radical (unpaired) electrons. The van der Waals surface area contributed by atoms with Crippen molar-refractivity contribution >= 4 is 75.4 Å². The Morgan fingerprint density at radius 2 is 0.639 bits per heavy atom. The van der Waals surface area contributed by atoms with Gasteiger partial charge in [-0.3, -0.25) is 0 Å². The third kappa shape index (κ3) is 5.00. The van der Waals surface area contributed by atoms with Gasteiger partial charge in [-0.2, -0.15) is 0 Å². The van der Waals surface area contributed by atoms with Crippen molar-refractivity contribution in [2.24, 2.45) is 0 Å². The van der Waals surface area contributed by atoms with Gasteiger partial charge in [0.15, 0.2) is 0 Å². The minimum absolute atomic E-state index is 0.144. The van der Waals surface area contributed by atoms with E-state index in [1.165, 1.54) is 131 Å². The van der Waals surface area contributed by atoms with Gasteiger partial charge in [0.2, 0.25) is 0 Å². The van der Waals surface area contributed by atoms with Crippen molar-refractivity contribution in [3.63, 3.8) is 0 Å². The fourth-order valence-corrected chi connectivity index (χ4v) is 11.0. The lowest BCUT2D eigenvalue weighted by Gasteiger charge is -2.23. The van der Waals surface area contributed by atoms with Crippen LogP contribution in [0.25, 0.3) is 120 Å². The van der Waals surface area contributed by atoms with Gasteiger partial charge in [0.25, 0.3) is 0 Å². The predicted octanol–water partition coefficient (Wildman–Crippen LogP) is 17.1. The Balaban J connectivity index is 0.890. The van der Waals surface area contributed by atoms with Crippen molar-refractivity contribution in [2.45, 2.75) is 19.3 Å². The highest BCUT2D eigenvalue weighted by molar-refractivity contribution is 6.33. The molecule has 0 aromatic heterocycles. The van der Waals surface area contributed by atoms with E-state index in [1.807, 2.05) is 0 Å². The van der Waals surface area contributed by atoms with Gasteiger partial charge in [-0.15, -0.1) is 0 Å². The summed E-state index contributed by atoms with van der Waals surface area (Å²) < 4.78 is 0. The zero-order valence-corrected chi connectivity index (χ0v) is 34.1. The standard InChI is InChI=1S/C61H40/c1-61(2)58-34-40(27-29-51(58)52-30-28-43(35-59(52)61)55-33-41-13-3-4-14-44(41)45-15-5-7-18-48(45)55)38-23-24-39-32-42(26-25-37(39)31-38)56-36-57-49-19-8-6-16-46(49)47-17-9-11-21-53(47)60(57)54-22-12-10-20-50(54)56/h3-36H,1-2H3. The molecule has 0 nitrogen and oxygen atoms in total. The number of rotatable bonds is 3. The first-order valence-electron chi connectivity index (χ1n) is 21.5. The van der Waals surface area contributed by atoms with Gasteiger partial charge >= 0.3 is 0 Å². The highest BCUT2D eigenvalue weighted by Gasteiger charge is 2.36. The molecule has 0 N–H and O–H groups in total. The third-order valence-corrected chi connectivity index (χ3v) is 14.0. The molecule has 12 aromatic carbocycles. The summed E-state index contributed by atoms with van der Waals surface area (Å²) in [6, 6.07) is 77.5. The van der Waals surface area contributed by atoms with Crippen molar-refractivity contribution in [1.82, 2.24) is 0 Å². The SMILES string of the molecule is CC1(C)c2cc(-c3ccc4cc(-c5cc6c7ccccc7c7ccccc7c6c6ccccc56)ccc4c3)ccc2-c2ccc(-c3cc4ccccc4c4ccccc34)cc21. The van der Waals surface area contributed by atoms with Crippen LogP contribution in [0.3, 0.4) is 0 Å². The average Bonchev–Trinajstić information content (AvgIpc) is 3.55. The van der Waals surface area contributed by atoms with Crippen LogP contribution in [0, 0.1) is 0 Å². The molecule has 284 valence electrons. The van der Waals surface area contributed by atoms with Crippen LogP contribution in [0.5, 0.6) is 0 Å². The van der Waals surface area contributed by atoms with Crippen molar-refractivity contribution in [3.8, 4) is 44.5 Å². The third-order valence-electron chi connectivity index (χ3n) is 14.0. The van der Waals surface area contributed by atoms with E-state index in [-0.39, 0.29) is 5.41 Å². The molecule has 0 heteroatoms. The molecule has 0 heterocycles. The van der Waals surface area contributed by atoms with Gasteiger partial charge in [-0.05, 0) is 167 Å². The first kappa shape index (κ1) is 34.3. The summed E-state index contributed by atoms with van der Waals surface area (Å²) in [7, 11) is 0. The Morgan fingerprint density at radius 3 is 1.31 bits per heavy atom. The minimum atomic E-state index is -0.144. The number of benzene rings is 12. The molecule has 0 unspecified atom stereocenters. The molecule has 0 atom stereocenters. The van der Waals surface area contributed by atoms with E-state index >= 15 is 0 Å². The highest BCUT2D eigenvalue weighted by atomic mass is 14.4. The van der Waals surface area contributed by atoms with Crippen LogP contribution in [0.15, 0.2) is 206 Å². The number of fused-ring (bicyclic) bond motifs is 15. The number of hydrogen-bond donors (Lipinski definition) is 0. The predicted molar refractivity (Wildman–Crippen MR) is 263 cm³/mol. The smallest absolute Gasteiger partial charge is 0.0159 e. The molecule has 61 heavy (non-hydrogen) atoms. The zero-order valence-electron chi connectivity index (χ0n) is 34.1. The van der Waals surface area contributed by atoms with E-state index in [9.17, 15) is 0 Å². The Bertz CT molecular complexity index is 3840. The molecule has 1 aliphatic rings. The molecular weight excluding hydrogens is 733 g/mol. The molecule has 0 amide bonds. The summed E-state index contributed by atoms with van der Waals surface area (Å²) in [5.74, 6) is 0. The number of hydrogen-bond acceptors (Lipinski definition) is 0. The van der Waals surface area contributed by atoms with Gasteiger partial charge < -0.3 is 0 Å². The lowest BCUT2D eigenvalue weighted by molar-refractivity contribution is 0.661. The van der Waals surface area contributed by atoms with Crippen LogP contribution >= 0.6 is 0 Å². The lowest BCUT2D eigenvalue weighted by atomic mass is 9.80. The molecule has 13 rings (SSSR count). The van der Waals surface area contributed by atoms with Crippen LogP contribution in [0.2, 0.25) is 0 Å². The highest BCUT2D eigenvalue weighted by Crippen LogP contribution is 2.51. The van der Waals surface area contributed by atoms with Crippen LogP contribution in [-0.2, 0) is 5.41 Å². The second-order valence-corrected chi connectivity index (χ2v) is 17.6. The van der Waals surface area contributed by atoms with Gasteiger partial charge in [0.1, 0.15) is 0 Å². The Hall–Kier alpha value is -7.54. The van der Waals surface area contributed by atoms with Crippen molar-refractivity contribution < 1.29 is 0 Å². The molecule has 0 fully saturated rings. The van der Waals surface area contributed by atoms with E-state index < -0.39 is 0 Å². The molecule has 0 saturated carbocycles. The second kappa shape index (κ2) is 12.7. The fourth-order valence-electron chi connectivity index (χ4n) is 11.0. The van der Waals surface area contributed by atoms with Crippen LogP contribution in [0.1, 0.15) is 25.0 Å². The first-order valence-corrected chi connectivity index (χ1v) is 21.5.